The lowest BCUT2D eigenvalue weighted by Gasteiger charge is -2.19. The first-order valence-electron chi connectivity index (χ1n) is 9.85. The highest BCUT2D eigenvalue weighted by Crippen LogP contribution is 2.23. The number of likely N-dealkylation sites (N-methyl/N-ethyl adjacent to an activating group) is 1. The van der Waals surface area contributed by atoms with E-state index in [4.69, 9.17) is 15.2 Å². The molecular formula is C21H28N6. The van der Waals surface area contributed by atoms with Crippen LogP contribution in [0.15, 0.2) is 30.3 Å². The standard InChI is InChI=1S/C21H28N6/c1-3-5-8-18-13-20(27-11-10-19(15-27)23-4-2)26-21(25-18)24-17-9-6-7-16(12-17)14-22/h6-7,9,12-13,19,23H,3-5,8,10-11,15H2,1-2H3,(H,24,25,26)/t19-/m0/s1. The Bertz CT molecular complexity index is 797. The fourth-order valence-corrected chi connectivity index (χ4v) is 3.41. The van der Waals surface area contributed by atoms with E-state index in [1.165, 1.54) is 0 Å². The van der Waals surface area contributed by atoms with Crippen molar-refractivity contribution in [2.45, 2.75) is 45.6 Å². The maximum atomic E-state index is 9.10. The van der Waals surface area contributed by atoms with Gasteiger partial charge in [0.05, 0.1) is 11.6 Å². The van der Waals surface area contributed by atoms with Crippen LogP contribution < -0.4 is 15.5 Å². The number of benzene rings is 1. The molecule has 6 nitrogen and oxygen atoms in total. The van der Waals surface area contributed by atoms with Gasteiger partial charge in [-0.15, -0.1) is 0 Å². The molecule has 27 heavy (non-hydrogen) atoms. The third-order valence-electron chi connectivity index (χ3n) is 4.80. The van der Waals surface area contributed by atoms with E-state index < -0.39 is 0 Å². The number of aromatic nitrogens is 2. The fourth-order valence-electron chi connectivity index (χ4n) is 3.41. The molecule has 0 saturated carbocycles. The number of nitrogens with one attached hydrogen (secondary N) is 2. The van der Waals surface area contributed by atoms with Crippen molar-refractivity contribution in [2.24, 2.45) is 0 Å². The molecule has 2 heterocycles. The Morgan fingerprint density at radius 2 is 2.15 bits per heavy atom. The van der Waals surface area contributed by atoms with Gasteiger partial charge < -0.3 is 15.5 Å². The molecule has 0 aliphatic carbocycles. The van der Waals surface area contributed by atoms with Crippen LogP contribution in [-0.4, -0.2) is 35.6 Å². The normalized spacial score (nSPS) is 16.3. The first-order valence-corrected chi connectivity index (χ1v) is 9.85. The molecule has 2 N–H and O–H groups in total. The van der Waals surface area contributed by atoms with Gasteiger partial charge >= 0.3 is 0 Å². The minimum Gasteiger partial charge on any atom is -0.355 e. The molecule has 1 saturated heterocycles. The summed E-state index contributed by atoms with van der Waals surface area (Å²) in [5.41, 5.74) is 2.52. The molecule has 6 heteroatoms. The van der Waals surface area contributed by atoms with Gasteiger partial charge in [0.1, 0.15) is 5.82 Å². The maximum absolute atomic E-state index is 9.10. The van der Waals surface area contributed by atoms with Crippen LogP contribution in [0.2, 0.25) is 0 Å². The van der Waals surface area contributed by atoms with E-state index in [-0.39, 0.29) is 0 Å². The van der Waals surface area contributed by atoms with Gasteiger partial charge in [-0.05, 0) is 44.0 Å². The van der Waals surface area contributed by atoms with Crippen LogP contribution in [0.4, 0.5) is 17.5 Å². The lowest BCUT2D eigenvalue weighted by molar-refractivity contribution is 0.571. The Morgan fingerprint density at radius 1 is 1.26 bits per heavy atom. The van der Waals surface area contributed by atoms with Crippen molar-refractivity contribution in [3.63, 3.8) is 0 Å². The molecule has 0 bridgehead atoms. The van der Waals surface area contributed by atoms with Gasteiger partial charge in [-0.2, -0.15) is 10.2 Å². The third kappa shape index (κ3) is 5.18. The number of anilines is 3. The van der Waals surface area contributed by atoms with Crippen molar-refractivity contribution >= 4 is 17.5 Å². The number of unbranched alkanes of at least 4 members (excludes halogenated alkanes) is 1. The number of hydrogen-bond donors (Lipinski definition) is 2. The van der Waals surface area contributed by atoms with Crippen LogP contribution in [0.5, 0.6) is 0 Å². The van der Waals surface area contributed by atoms with Crippen LogP contribution in [0.1, 0.15) is 44.4 Å². The topological polar surface area (TPSA) is 76.9 Å². The number of nitriles is 1. The SMILES string of the molecule is CCCCc1cc(N2CC[C@H](NCC)C2)nc(Nc2cccc(C#N)c2)n1. The second kappa shape index (κ2) is 9.33. The summed E-state index contributed by atoms with van der Waals surface area (Å²) < 4.78 is 0. The van der Waals surface area contributed by atoms with Gasteiger partial charge in [0.25, 0.3) is 0 Å². The van der Waals surface area contributed by atoms with Crippen molar-refractivity contribution in [1.82, 2.24) is 15.3 Å². The van der Waals surface area contributed by atoms with Crippen molar-refractivity contribution in [1.29, 1.82) is 5.26 Å². The Hall–Kier alpha value is -2.65. The summed E-state index contributed by atoms with van der Waals surface area (Å²) in [5, 5.41) is 15.9. The molecule has 0 unspecified atom stereocenters. The van der Waals surface area contributed by atoms with Crippen LogP contribution in [0, 0.1) is 11.3 Å². The molecule has 3 rings (SSSR count). The highest BCUT2D eigenvalue weighted by Gasteiger charge is 2.23. The molecule has 1 fully saturated rings. The van der Waals surface area contributed by atoms with Crippen molar-refractivity contribution < 1.29 is 0 Å². The van der Waals surface area contributed by atoms with Crippen LogP contribution >= 0.6 is 0 Å². The Kier molecular flexibility index (Phi) is 6.61. The van der Waals surface area contributed by atoms with Gasteiger partial charge in [0, 0.05) is 36.6 Å². The fraction of sp³-hybridized carbons (Fsp3) is 0.476. The van der Waals surface area contributed by atoms with E-state index in [1.54, 1.807) is 6.07 Å². The third-order valence-corrected chi connectivity index (χ3v) is 4.80. The van der Waals surface area contributed by atoms with Gasteiger partial charge in [-0.3, -0.25) is 0 Å². The highest BCUT2D eigenvalue weighted by atomic mass is 15.3. The molecule has 1 aromatic carbocycles. The van der Waals surface area contributed by atoms with E-state index in [1.807, 2.05) is 18.2 Å². The molecule has 0 radical (unpaired) electrons. The second-order valence-corrected chi connectivity index (χ2v) is 6.95. The average molecular weight is 364 g/mol. The minimum atomic E-state index is 0.521. The predicted molar refractivity (Wildman–Crippen MR) is 109 cm³/mol. The largest absolute Gasteiger partial charge is 0.355 e. The van der Waals surface area contributed by atoms with E-state index in [0.717, 1.165) is 62.5 Å². The van der Waals surface area contributed by atoms with E-state index in [9.17, 15) is 0 Å². The Morgan fingerprint density at radius 3 is 2.93 bits per heavy atom. The van der Waals surface area contributed by atoms with Crippen molar-refractivity contribution in [3.05, 3.63) is 41.6 Å². The second-order valence-electron chi connectivity index (χ2n) is 6.95. The molecule has 0 spiro atoms. The van der Waals surface area contributed by atoms with Crippen molar-refractivity contribution in [3.8, 4) is 6.07 Å². The number of hydrogen-bond acceptors (Lipinski definition) is 6. The zero-order valence-corrected chi connectivity index (χ0v) is 16.2. The molecule has 1 atom stereocenters. The van der Waals surface area contributed by atoms with Crippen LogP contribution in [-0.2, 0) is 6.42 Å². The number of aryl methyl sites for hydroxylation is 1. The predicted octanol–water partition coefficient (Wildman–Crippen LogP) is 3.62. The van der Waals surface area contributed by atoms with Gasteiger partial charge in [0.15, 0.2) is 0 Å². The smallest absolute Gasteiger partial charge is 0.229 e. The zero-order valence-electron chi connectivity index (χ0n) is 16.2. The summed E-state index contributed by atoms with van der Waals surface area (Å²) in [6.45, 7) is 7.31. The summed E-state index contributed by atoms with van der Waals surface area (Å²) in [5.74, 6) is 1.58. The Labute approximate surface area is 161 Å². The lowest BCUT2D eigenvalue weighted by atomic mass is 10.2. The first-order chi connectivity index (χ1) is 13.2. The molecule has 142 valence electrons. The lowest BCUT2D eigenvalue weighted by Crippen LogP contribution is -2.32. The van der Waals surface area contributed by atoms with Crippen LogP contribution in [0.25, 0.3) is 0 Å². The molecule has 2 aromatic rings. The Balaban J connectivity index is 1.83. The molecule has 0 amide bonds. The average Bonchev–Trinajstić information content (AvgIpc) is 3.15. The minimum absolute atomic E-state index is 0.521. The summed E-state index contributed by atoms with van der Waals surface area (Å²) in [6, 6.07) is 12.2. The van der Waals surface area contributed by atoms with E-state index in [2.05, 4.69) is 41.5 Å². The molecule has 1 aliphatic heterocycles. The maximum Gasteiger partial charge on any atom is 0.229 e. The van der Waals surface area contributed by atoms with E-state index >= 15 is 0 Å². The van der Waals surface area contributed by atoms with Gasteiger partial charge in [-0.1, -0.05) is 26.3 Å². The van der Waals surface area contributed by atoms with Gasteiger partial charge in [0.2, 0.25) is 5.95 Å². The molecule has 1 aliphatic rings. The number of rotatable bonds is 8. The zero-order chi connectivity index (χ0) is 19.1. The highest BCUT2D eigenvalue weighted by molar-refractivity contribution is 5.58. The summed E-state index contributed by atoms with van der Waals surface area (Å²) in [4.78, 5) is 11.8. The van der Waals surface area contributed by atoms with E-state index in [0.29, 0.717) is 17.6 Å². The van der Waals surface area contributed by atoms with Gasteiger partial charge in [-0.25, -0.2) is 4.98 Å². The summed E-state index contributed by atoms with van der Waals surface area (Å²) in [6.07, 6.45) is 4.33. The van der Waals surface area contributed by atoms with Crippen molar-refractivity contribution in [2.75, 3.05) is 29.9 Å². The first kappa shape index (κ1) is 19.1. The number of nitrogens with zero attached hydrogens (tertiary/aromatic N) is 4. The monoisotopic (exact) mass is 364 g/mol. The van der Waals surface area contributed by atoms with Crippen LogP contribution in [0.3, 0.4) is 0 Å². The molecule has 1 aromatic heterocycles. The molecular weight excluding hydrogens is 336 g/mol. The summed E-state index contributed by atoms with van der Waals surface area (Å²) in [7, 11) is 0. The summed E-state index contributed by atoms with van der Waals surface area (Å²) >= 11 is 0. The quantitative estimate of drug-likeness (QED) is 0.745.